The predicted octanol–water partition coefficient (Wildman–Crippen LogP) is 3.48. The molecule has 1 saturated heterocycles. The maximum absolute atomic E-state index is 13.3. The predicted molar refractivity (Wildman–Crippen MR) is 104 cm³/mol. The first-order chi connectivity index (χ1) is 13.4. The molecule has 0 bridgehead atoms. The fourth-order valence-corrected chi connectivity index (χ4v) is 3.25. The molecule has 0 aliphatic carbocycles. The van der Waals surface area contributed by atoms with Gasteiger partial charge in [-0.05, 0) is 30.7 Å². The average molecular weight is 404 g/mol. The zero-order valence-electron chi connectivity index (χ0n) is 15.1. The van der Waals surface area contributed by atoms with Crippen molar-refractivity contribution in [2.45, 2.75) is 12.8 Å². The first-order valence-electron chi connectivity index (χ1n) is 8.59. The lowest BCUT2D eigenvalue weighted by Gasteiger charge is -2.29. The van der Waals surface area contributed by atoms with Crippen molar-refractivity contribution in [1.82, 2.24) is 4.90 Å². The number of hydrogen-bond donors (Lipinski definition) is 0. The quantitative estimate of drug-likeness (QED) is 0.543. The molecular weight excluding hydrogens is 386 g/mol. The number of nitro groups is 1. The lowest BCUT2D eigenvalue weighted by Crippen LogP contribution is -2.42. The Labute approximate surface area is 166 Å². The van der Waals surface area contributed by atoms with Gasteiger partial charge in [-0.15, -0.1) is 0 Å². The Kier molecular flexibility index (Phi) is 5.79. The van der Waals surface area contributed by atoms with Crippen molar-refractivity contribution in [2.24, 2.45) is 0 Å². The van der Waals surface area contributed by atoms with Crippen molar-refractivity contribution in [2.75, 3.05) is 25.2 Å². The monoisotopic (exact) mass is 403 g/mol. The van der Waals surface area contributed by atoms with E-state index in [-0.39, 0.29) is 28.8 Å². The smallest absolute Gasteiger partial charge is 0.288 e. The van der Waals surface area contributed by atoms with E-state index < -0.39 is 10.8 Å². The molecule has 1 fully saturated rings. The van der Waals surface area contributed by atoms with E-state index in [0.29, 0.717) is 24.4 Å². The van der Waals surface area contributed by atoms with Crippen molar-refractivity contribution in [3.05, 3.63) is 63.2 Å². The number of halogens is 1. The summed E-state index contributed by atoms with van der Waals surface area (Å²) in [7, 11) is 1.48. The summed E-state index contributed by atoms with van der Waals surface area (Å²) in [5.74, 6) is -0.0929. The van der Waals surface area contributed by atoms with Crippen LogP contribution >= 0.6 is 11.6 Å². The van der Waals surface area contributed by atoms with Gasteiger partial charge in [0.1, 0.15) is 17.4 Å². The molecule has 1 aliphatic rings. The Hall–Kier alpha value is -3.13. The summed E-state index contributed by atoms with van der Waals surface area (Å²) < 4.78 is 5.36. The third-order valence-corrected chi connectivity index (χ3v) is 4.81. The van der Waals surface area contributed by atoms with E-state index in [4.69, 9.17) is 16.3 Å². The molecule has 9 heteroatoms. The summed E-state index contributed by atoms with van der Waals surface area (Å²) in [5.41, 5.74) is 0.200. The number of carbonyl (C=O) groups excluding carboxylic acids is 2. The molecule has 2 amide bonds. The molecule has 0 aromatic heterocycles. The molecule has 8 nitrogen and oxygen atoms in total. The van der Waals surface area contributed by atoms with Gasteiger partial charge in [-0.25, -0.2) is 0 Å². The van der Waals surface area contributed by atoms with E-state index in [0.717, 1.165) is 12.5 Å². The lowest BCUT2D eigenvalue weighted by molar-refractivity contribution is -0.384. The maximum atomic E-state index is 13.3. The molecule has 146 valence electrons. The number of rotatable bonds is 6. The van der Waals surface area contributed by atoms with E-state index in [1.807, 2.05) is 0 Å². The molecule has 3 rings (SSSR count). The number of hydrogen-bond acceptors (Lipinski definition) is 5. The molecule has 0 unspecified atom stereocenters. The minimum atomic E-state index is -0.642. The molecule has 0 spiro atoms. The maximum Gasteiger partial charge on any atom is 0.288 e. The zero-order valence-corrected chi connectivity index (χ0v) is 15.9. The Morgan fingerprint density at radius 2 is 2.07 bits per heavy atom. The number of amides is 2. The largest absolute Gasteiger partial charge is 0.495 e. The van der Waals surface area contributed by atoms with Gasteiger partial charge in [-0.1, -0.05) is 23.7 Å². The second kappa shape index (κ2) is 8.26. The summed E-state index contributed by atoms with van der Waals surface area (Å²) in [4.78, 5) is 38.9. The summed E-state index contributed by atoms with van der Waals surface area (Å²) in [6.45, 7) is 0.562. The zero-order chi connectivity index (χ0) is 20.3. The summed E-state index contributed by atoms with van der Waals surface area (Å²) in [6.07, 6.45) is 1.15. The van der Waals surface area contributed by atoms with Crippen LogP contribution in [-0.2, 0) is 4.79 Å². The minimum Gasteiger partial charge on any atom is -0.495 e. The van der Waals surface area contributed by atoms with E-state index in [2.05, 4.69) is 0 Å². The molecule has 1 aliphatic heterocycles. The van der Waals surface area contributed by atoms with Crippen LogP contribution in [0.1, 0.15) is 23.2 Å². The topological polar surface area (TPSA) is 93.0 Å². The van der Waals surface area contributed by atoms with E-state index >= 15 is 0 Å². The fraction of sp³-hybridized carbons (Fsp3) is 0.263. The highest BCUT2D eigenvalue weighted by molar-refractivity contribution is 6.32. The summed E-state index contributed by atoms with van der Waals surface area (Å²) in [5, 5.41) is 11.1. The molecule has 0 radical (unpaired) electrons. The summed E-state index contributed by atoms with van der Waals surface area (Å²) >= 11 is 5.86. The van der Waals surface area contributed by atoms with Crippen LogP contribution in [-0.4, -0.2) is 42.0 Å². The number of nitro benzene ring substituents is 1. The number of nitrogens with zero attached hydrogens (tertiary/aromatic N) is 3. The van der Waals surface area contributed by atoms with Crippen LogP contribution < -0.4 is 9.64 Å². The van der Waals surface area contributed by atoms with Gasteiger partial charge in [-0.3, -0.25) is 24.6 Å². The second-order valence-corrected chi connectivity index (χ2v) is 6.64. The van der Waals surface area contributed by atoms with Gasteiger partial charge < -0.3 is 9.64 Å². The van der Waals surface area contributed by atoms with Crippen LogP contribution in [0.25, 0.3) is 0 Å². The van der Waals surface area contributed by atoms with Gasteiger partial charge >= 0.3 is 0 Å². The minimum absolute atomic E-state index is 0.0223. The van der Waals surface area contributed by atoms with Gasteiger partial charge in [0, 0.05) is 24.6 Å². The van der Waals surface area contributed by atoms with Crippen LogP contribution in [0.4, 0.5) is 11.4 Å². The van der Waals surface area contributed by atoms with Crippen molar-refractivity contribution < 1.29 is 19.2 Å². The molecule has 0 atom stereocenters. The van der Waals surface area contributed by atoms with Crippen LogP contribution in [0, 0.1) is 10.1 Å². The average Bonchev–Trinajstić information content (AvgIpc) is 3.10. The SMILES string of the molecule is COc1ccccc1N(CN1CCCC1=O)C(=O)c1ccc(Cl)c([N+](=O)[O-])c1. The molecule has 28 heavy (non-hydrogen) atoms. The standard InChI is InChI=1S/C19H18ClN3O5/c1-28-17-6-3-2-5-15(17)22(12-21-10-4-7-18(21)24)19(25)13-8-9-14(20)16(11-13)23(26)27/h2-3,5-6,8-9,11H,4,7,10,12H2,1H3. The van der Waals surface area contributed by atoms with Gasteiger partial charge in [0.05, 0.1) is 17.7 Å². The number of ether oxygens (including phenoxy) is 1. The Morgan fingerprint density at radius 3 is 2.71 bits per heavy atom. The number of methoxy groups -OCH3 is 1. The van der Waals surface area contributed by atoms with Gasteiger partial charge in [0.2, 0.25) is 5.91 Å². The number of anilines is 1. The van der Waals surface area contributed by atoms with Crippen molar-refractivity contribution in [1.29, 1.82) is 0 Å². The number of benzene rings is 2. The van der Waals surface area contributed by atoms with Crippen molar-refractivity contribution in [3.8, 4) is 5.75 Å². The second-order valence-electron chi connectivity index (χ2n) is 6.23. The highest BCUT2D eigenvalue weighted by atomic mass is 35.5. The molecule has 2 aromatic carbocycles. The Bertz CT molecular complexity index is 934. The molecule has 1 heterocycles. The van der Waals surface area contributed by atoms with Gasteiger partial charge in [0.15, 0.2) is 0 Å². The lowest BCUT2D eigenvalue weighted by atomic mass is 10.1. The number of likely N-dealkylation sites (tertiary alicyclic amines) is 1. The third kappa shape index (κ3) is 3.91. The first kappa shape index (κ1) is 19.6. The van der Waals surface area contributed by atoms with E-state index in [1.165, 1.54) is 24.1 Å². The van der Waals surface area contributed by atoms with Crippen LogP contribution in [0.2, 0.25) is 5.02 Å². The number of para-hydroxylation sites is 2. The van der Waals surface area contributed by atoms with Crippen LogP contribution in [0.3, 0.4) is 0 Å². The first-order valence-corrected chi connectivity index (χ1v) is 8.96. The fourth-order valence-electron chi connectivity index (χ4n) is 3.07. The third-order valence-electron chi connectivity index (χ3n) is 4.49. The summed E-state index contributed by atoms with van der Waals surface area (Å²) in [6, 6.07) is 10.8. The molecular formula is C19H18ClN3O5. The van der Waals surface area contributed by atoms with Gasteiger partial charge in [-0.2, -0.15) is 0 Å². The molecule has 0 saturated carbocycles. The molecule has 2 aromatic rings. The normalized spacial score (nSPS) is 13.5. The van der Waals surface area contributed by atoms with Crippen LogP contribution in [0.5, 0.6) is 5.75 Å². The van der Waals surface area contributed by atoms with Crippen molar-refractivity contribution >= 4 is 34.8 Å². The van der Waals surface area contributed by atoms with E-state index in [1.54, 1.807) is 29.2 Å². The highest BCUT2D eigenvalue weighted by Crippen LogP contribution is 2.31. The van der Waals surface area contributed by atoms with Gasteiger partial charge in [0.25, 0.3) is 11.6 Å². The van der Waals surface area contributed by atoms with Crippen molar-refractivity contribution in [3.63, 3.8) is 0 Å². The van der Waals surface area contributed by atoms with Crippen LogP contribution in [0.15, 0.2) is 42.5 Å². The molecule has 0 N–H and O–H groups in total. The Balaban J connectivity index is 2.03. The number of carbonyl (C=O) groups is 2. The Morgan fingerprint density at radius 1 is 1.32 bits per heavy atom. The van der Waals surface area contributed by atoms with E-state index in [9.17, 15) is 19.7 Å². The highest BCUT2D eigenvalue weighted by Gasteiger charge is 2.29.